The van der Waals surface area contributed by atoms with E-state index >= 15 is 0 Å². The van der Waals surface area contributed by atoms with Gasteiger partial charge in [0.25, 0.3) is 0 Å². The van der Waals surface area contributed by atoms with E-state index in [1.807, 2.05) is 0 Å². The molecule has 2 aromatic rings. The molecule has 0 radical (unpaired) electrons. The summed E-state index contributed by atoms with van der Waals surface area (Å²) in [5.74, 6) is -0.478. The summed E-state index contributed by atoms with van der Waals surface area (Å²) in [6.07, 6.45) is -3.02. The van der Waals surface area contributed by atoms with Gasteiger partial charge in [-0.05, 0) is 31.7 Å². The highest BCUT2D eigenvalue weighted by Crippen LogP contribution is 2.37. The number of aliphatic hydroxyl groups excluding tert-OH is 1. The van der Waals surface area contributed by atoms with Gasteiger partial charge in [0.05, 0.1) is 29.3 Å². The summed E-state index contributed by atoms with van der Waals surface area (Å²) in [7, 11) is 0. The first-order chi connectivity index (χ1) is 12.6. The molecular weight excluding hydrogens is 361 g/mol. The van der Waals surface area contributed by atoms with E-state index < -0.39 is 11.7 Å². The van der Waals surface area contributed by atoms with Gasteiger partial charge in [-0.3, -0.25) is 4.79 Å². The number of pyridine rings is 1. The van der Waals surface area contributed by atoms with E-state index in [4.69, 9.17) is 0 Å². The maximum atomic E-state index is 13.6. The van der Waals surface area contributed by atoms with Gasteiger partial charge in [-0.25, -0.2) is 9.67 Å². The van der Waals surface area contributed by atoms with Crippen molar-refractivity contribution in [3.63, 3.8) is 0 Å². The minimum atomic E-state index is -4.54. The number of nitrogens with zero attached hydrogens (tertiary/aromatic N) is 4. The SMILES string of the molecule is Cc1nn(CC(=O)N2CCC[C@@H]2CO)c2nc(C(C)C)cc(C(F)(F)F)c12. The summed E-state index contributed by atoms with van der Waals surface area (Å²) in [6.45, 7) is 5.22. The van der Waals surface area contributed by atoms with Crippen molar-refractivity contribution in [2.45, 2.75) is 58.3 Å². The lowest BCUT2D eigenvalue weighted by Gasteiger charge is -2.23. The van der Waals surface area contributed by atoms with Crippen LogP contribution >= 0.6 is 0 Å². The third-order valence-electron chi connectivity index (χ3n) is 4.99. The zero-order valence-electron chi connectivity index (χ0n) is 15.5. The average Bonchev–Trinajstić information content (AvgIpc) is 3.18. The fourth-order valence-electron chi connectivity index (χ4n) is 3.58. The minimum absolute atomic E-state index is 0.0686. The van der Waals surface area contributed by atoms with Crippen molar-refractivity contribution in [2.24, 2.45) is 0 Å². The van der Waals surface area contributed by atoms with Crippen LogP contribution in [0.3, 0.4) is 0 Å². The fraction of sp³-hybridized carbons (Fsp3) is 0.611. The number of fused-ring (bicyclic) bond motifs is 1. The molecule has 1 aliphatic heterocycles. The molecule has 148 valence electrons. The van der Waals surface area contributed by atoms with Crippen LogP contribution in [0.25, 0.3) is 11.0 Å². The zero-order valence-corrected chi connectivity index (χ0v) is 15.5. The van der Waals surface area contributed by atoms with Crippen molar-refractivity contribution in [3.05, 3.63) is 23.0 Å². The first-order valence-corrected chi connectivity index (χ1v) is 8.99. The van der Waals surface area contributed by atoms with Crippen LogP contribution in [0.15, 0.2) is 6.07 Å². The van der Waals surface area contributed by atoms with Crippen molar-refractivity contribution in [1.29, 1.82) is 0 Å². The molecule has 1 fully saturated rings. The summed E-state index contributed by atoms with van der Waals surface area (Å²) in [5, 5.41) is 13.5. The molecular formula is C18H23F3N4O2. The van der Waals surface area contributed by atoms with Gasteiger partial charge >= 0.3 is 6.18 Å². The molecule has 0 aromatic carbocycles. The van der Waals surface area contributed by atoms with Crippen molar-refractivity contribution >= 4 is 16.9 Å². The normalized spacial score (nSPS) is 18.1. The third-order valence-corrected chi connectivity index (χ3v) is 4.99. The van der Waals surface area contributed by atoms with Gasteiger partial charge in [0.2, 0.25) is 5.91 Å². The van der Waals surface area contributed by atoms with Crippen molar-refractivity contribution < 1.29 is 23.1 Å². The van der Waals surface area contributed by atoms with E-state index in [9.17, 15) is 23.1 Å². The quantitative estimate of drug-likeness (QED) is 0.880. The minimum Gasteiger partial charge on any atom is -0.394 e. The number of carbonyl (C=O) groups is 1. The van der Waals surface area contributed by atoms with Crippen molar-refractivity contribution in [2.75, 3.05) is 13.2 Å². The summed E-state index contributed by atoms with van der Waals surface area (Å²) < 4.78 is 42.0. The molecule has 2 aromatic heterocycles. The molecule has 3 heterocycles. The predicted octanol–water partition coefficient (Wildman–Crippen LogP) is 2.87. The van der Waals surface area contributed by atoms with Crippen LogP contribution in [0.1, 0.15) is 49.6 Å². The molecule has 0 saturated carbocycles. The number of hydrogen-bond donors (Lipinski definition) is 1. The van der Waals surface area contributed by atoms with Gasteiger partial charge in [-0.1, -0.05) is 13.8 Å². The monoisotopic (exact) mass is 384 g/mol. The number of halogens is 3. The fourth-order valence-corrected chi connectivity index (χ4v) is 3.58. The smallest absolute Gasteiger partial charge is 0.394 e. The van der Waals surface area contributed by atoms with E-state index in [-0.39, 0.29) is 47.7 Å². The van der Waals surface area contributed by atoms with E-state index in [2.05, 4.69) is 10.1 Å². The number of aliphatic hydroxyl groups is 1. The number of aromatic nitrogens is 3. The maximum absolute atomic E-state index is 13.6. The largest absolute Gasteiger partial charge is 0.417 e. The standard InChI is InChI=1S/C18H23F3N4O2/c1-10(2)14-7-13(18(19,20)21)16-11(3)23-25(17(16)22-14)8-15(27)24-6-4-5-12(24)9-26/h7,10,12,26H,4-6,8-9H2,1-3H3/t12-/m1/s1. The van der Waals surface area contributed by atoms with E-state index in [0.717, 1.165) is 18.9 Å². The first kappa shape index (κ1) is 19.6. The number of aryl methyl sites for hydroxylation is 1. The van der Waals surface area contributed by atoms with Gasteiger partial charge in [0.15, 0.2) is 5.65 Å². The van der Waals surface area contributed by atoms with Crippen LogP contribution in [0.4, 0.5) is 13.2 Å². The number of alkyl halides is 3. The Kier molecular flexibility index (Phi) is 5.16. The number of likely N-dealkylation sites (tertiary alicyclic amines) is 1. The summed E-state index contributed by atoms with van der Waals surface area (Å²) in [6, 6.07) is 0.821. The van der Waals surface area contributed by atoms with E-state index in [1.54, 1.807) is 18.7 Å². The molecule has 1 aliphatic rings. The van der Waals surface area contributed by atoms with Crippen LogP contribution in [0, 0.1) is 6.92 Å². The zero-order chi connectivity index (χ0) is 19.9. The summed E-state index contributed by atoms with van der Waals surface area (Å²) in [4.78, 5) is 18.6. The highest BCUT2D eigenvalue weighted by atomic mass is 19.4. The van der Waals surface area contributed by atoms with E-state index in [1.165, 1.54) is 11.6 Å². The number of amides is 1. The lowest BCUT2D eigenvalue weighted by Crippen LogP contribution is -2.39. The number of carbonyl (C=O) groups excluding carboxylic acids is 1. The Morgan fingerprint density at radius 2 is 2.11 bits per heavy atom. The molecule has 3 rings (SSSR count). The van der Waals surface area contributed by atoms with Gasteiger partial charge in [-0.15, -0.1) is 0 Å². The second-order valence-electron chi connectivity index (χ2n) is 7.25. The second kappa shape index (κ2) is 7.10. The Morgan fingerprint density at radius 1 is 1.41 bits per heavy atom. The topological polar surface area (TPSA) is 71.2 Å². The molecule has 1 amide bonds. The summed E-state index contributed by atoms with van der Waals surface area (Å²) in [5.41, 5.74) is -0.216. The van der Waals surface area contributed by atoms with Gasteiger partial charge in [0, 0.05) is 12.2 Å². The maximum Gasteiger partial charge on any atom is 0.417 e. The Hall–Kier alpha value is -2.16. The molecule has 6 nitrogen and oxygen atoms in total. The summed E-state index contributed by atoms with van der Waals surface area (Å²) >= 11 is 0. The van der Waals surface area contributed by atoms with Crippen LogP contribution < -0.4 is 0 Å². The molecule has 1 atom stereocenters. The second-order valence-corrected chi connectivity index (χ2v) is 7.25. The van der Waals surface area contributed by atoms with Crippen LogP contribution in [0.5, 0.6) is 0 Å². The van der Waals surface area contributed by atoms with Gasteiger partial charge < -0.3 is 10.0 Å². The lowest BCUT2D eigenvalue weighted by molar-refractivity contribution is -0.136. The number of rotatable bonds is 4. The molecule has 0 spiro atoms. The number of hydrogen-bond acceptors (Lipinski definition) is 4. The average molecular weight is 384 g/mol. The van der Waals surface area contributed by atoms with Crippen LogP contribution in [-0.2, 0) is 17.5 Å². The Balaban J connectivity index is 2.06. The lowest BCUT2D eigenvalue weighted by atomic mass is 10.0. The van der Waals surface area contributed by atoms with Crippen LogP contribution in [-0.4, -0.2) is 49.9 Å². The molecule has 0 bridgehead atoms. The molecule has 0 unspecified atom stereocenters. The molecule has 9 heteroatoms. The molecule has 0 aliphatic carbocycles. The van der Waals surface area contributed by atoms with Crippen LogP contribution in [0.2, 0.25) is 0 Å². The first-order valence-electron chi connectivity index (χ1n) is 8.99. The van der Waals surface area contributed by atoms with Gasteiger partial charge in [-0.2, -0.15) is 18.3 Å². The Bertz CT molecular complexity index is 860. The Labute approximate surface area is 155 Å². The third kappa shape index (κ3) is 3.65. The highest BCUT2D eigenvalue weighted by molar-refractivity contribution is 5.85. The van der Waals surface area contributed by atoms with Crippen molar-refractivity contribution in [3.8, 4) is 0 Å². The Morgan fingerprint density at radius 3 is 2.70 bits per heavy atom. The molecule has 1 N–H and O–H groups in total. The van der Waals surface area contributed by atoms with E-state index in [0.29, 0.717) is 12.2 Å². The van der Waals surface area contributed by atoms with Crippen molar-refractivity contribution in [1.82, 2.24) is 19.7 Å². The molecule has 27 heavy (non-hydrogen) atoms. The highest BCUT2D eigenvalue weighted by Gasteiger charge is 2.36. The van der Waals surface area contributed by atoms with Gasteiger partial charge in [0.1, 0.15) is 6.54 Å². The predicted molar refractivity (Wildman–Crippen MR) is 93.2 cm³/mol. The molecule has 1 saturated heterocycles.